The lowest BCUT2D eigenvalue weighted by Gasteiger charge is -2.27. The Bertz CT molecular complexity index is 661. The molecule has 1 unspecified atom stereocenters. The zero-order chi connectivity index (χ0) is 15.9. The molecule has 0 aliphatic carbocycles. The highest BCUT2D eigenvalue weighted by Gasteiger charge is 2.39. The molecule has 2 N–H and O–H groups in total. The lowest BCUT2D eigenvalue weighted by atomic mass is 10.0. The molecule has 6 nitrogen and oxygen atoms in total. The SMILES string of the molecule is Cc1[nH]c(C(=O)O)c(C)c1S(=O)(=O)N1CCCC1C(C)C. The van der Waals surface area contributed by atoms with Gasteiger partial charge in [0.2, 0.25) is 10.0 Å². The Labute approximate surface area is 125 Å². The Morgan fingerprint density at radius 1 is 1.38 bits per heavy atom. The summed E-state index contributed by atoms with van der Waals surface area (Å²) < 4.78 is 27.4. The van der Waals surface area contributed by atoms with Crippen LogP contribution in [0.15, 0.2) is 4.90 Å². The van der Waals surface area contributed by atoms with Gasteiger partial charge in [-0.2, -0.15) is 4.31 Å². The van der Waals surface area contributed by atoms with Crippen molar-refractivity contribution in [3.63, 3.8) is 0 Å². The first-order chi connectivity index (χ1) is 9.67. The number of rotatable bonds is 4. The zero-order valence-corrected chi connectivity index (χ0v) is 13.6. The monoisotopic (exact) mass is 314 g/mol. The predicted molar refractivity (Wildman–Crippen MR) is 79.0 cm³/mol. The lowest BCUT2D eigenvalue weighted by Crippen LogP contribution is -2.38. The molecule has 0 aromatic carbocycles. The van der Waals surface area contributed by atoms with E-state index in [0.717, 1.165) is 12.8 Å². The van der Waals surface area contributed by atoms with Crippen molar-refractivity contribution < 1.29 is 18.3 Å². The normalized spacial score (nSPS) is 20.3. The molecule has 0 bridgehead atoms. The first-order valence-corrected chi connectivity index (χ1v) is 8.56. The van der Waals surface area contributed by atoms with Crippen molar-refractivity contribution in [3.05, 3.63) is 17.0 Å². The van der Waals surface area contributed by atoms with Crippen LogP contribution < -0.4 is 0 Å². The molecule has 1 saturated heterocycles. The summed E-state index contributed by atoms with van der Waals surface area (Å²) in [6.45, 7) is 7.67. The Morgan fingerprint density at radius 2 is 2.00 bits per heavy atom. The topological polar surface area (TPSA) is 90.5 Å². The van der Waals surface area contributed by atoms with E-state index in [2.05, 4.69) is 4.98 Å². The minimum atomic E-state index is -3.67. The Hall–Kier alpha value is -1.34. The summed E-state index contributed by atoms with van der Waals surface area (Å²) in [5, 5.41) is 9.14. The molecule has 1 aromatic heterocycles. The fourth-order valence-electron chi connectivity index (χ4n) is 3.18. The first kappa shape index (κ1) is 16.0. The van der Waals surface area contributed by atoms with Crippen LogP contribution in [0, 0.1) is 19.8 Å². The van der Waals surface area contributed by atoms with Crippen LogP contribution in [0.5, 0.6) is 0 Å². The third kappa shape index (κ3) is 2.60. The summed E-state index contributed by atoms with van der Waals surface area (Å²) >= 11 is 0. The van der Waals surface area contributed by atoms with E-state index < -0.39 is 16.0 Å². The minimum Gasteiger partial charge on any atom is -0.477 e. The van der Waals surface area contributed by atoms with Gasteiger partial charge in [-0.1, -0.05) is 13.8 Å². The number of aromatic amines is 1. The van der Waals surface area contributed by atoms with E-state index in [1.54, 1.807) is 13.8 Å². The van der Waals surface area contributed by atoms with Gasteiger partial charge >= 0.3 is 5.97 Å². The van der Waals surface area contributed by atoms with Crippen molar-refractivity contribution in [1.82, 2.24) is 9.29 Å². The van der Waals surface area contributed by atoms with E-state index in [0.29, 0.717) is 12.2 Å². The van der Waals surface area contributed by atoms with E-state index in [9.17, 15) is 13.2 Å². The number of carboxylic acid groups (broad SMARTS) is 1. The highest BCUT2D eigenvalue weighted by molar-refractivity contribution is 7.89. The van der Waals surface area contributed by atoms with E-state index in [4.69, 9.17) is 5.11 Å². The number of H-pyrrole nitrogens is 1. The summed E-state index contributed by atoms with van der Waals surface area (Å²) in [5.41, 5.74) is 0.625. The lowest BCUT2D eigenvalue weighted by molar-refractivity contribution is 0.0690. The largest absolute Gasteiger partial charge is 0.477 e. The molecule has 118 valence electrons. The van der Waals surface area contributed by atoms with Crippen molar-refractivity contribution in [2.75, 3.05) is 6.54 Å². The van der Waals surface area contributed by atoms with Gasteiger partial charge in [0.1, 0.15) is 10.6 Å². The molecular formula is C14H22N2O4S. The first-order valence-electron chi connectivity index (χ1n) is 7.12. The molecule has 1 aromatic rings. The quantitative estimate of drug-likeness (QED) is 0.891. The second-order valence-corrected chi connectivity index (χ2v) is 7.78. The van der Waals surface area contributed by atoms with Gasteiger partial charge in [-0.15, -0.1) is 0 Å². The number of hydrogen-bond acceptors (Lipinski definition) is 3. The zero-order valence-electron chi connectivity index (χ0n) is 12.8. The van der Waals surface area contributed by atoms with E-state index in [1.807, 2.05) is 13.8 Å². The molecule has 1 aliphatic rings. The molecule has 2 rings (SSSR count). The third-order valence-corrected chi connectivity index (χ3v) is 6.37. The number of hydrogen-bond donors (Lipinski definition) is 2. The number of aromatic nitrogens is 1. The van der Waals surface area contributed by atoms with Crippen molar-refractivity contribution in [3.8, 4) is 0 Å². The second kappa shape index (κ2) is 5.46. The number of carbonyl (C=O) groups is 1. The van der Waals surface area contributed by atoms with Crippen LogP contribution in [-0.4, -0.2) is 41.4 Å². The number of aromatic carboxylic acids is 1. The molecule has 0 saturated carbocycles. The standard InChI is InChI=1S/C14H22N2O4S/c1-8(2)11-6-5-7-16(11)21(19,20)13-9(3)12(14(17)18)15-10(13)4/h8,11,15H,5-7H2,1-4H3,(H,17,18). The summed E-state index contributed by atoms with van der Waals surface area (Å²) in [6.07, 6.45) is 1.70. The molecule has 0 amide bonds. The second-order valence-electron chi connectivity index (χ2n) is 5.95. The average Bonchev–Trinajstić information content (AvgIpc) is 2.94. The molecular weight excluding hydrogens is 292 g/mol. The van der Waals surface area contributed by atoms with Gasteiger partial charge in [0, 0.05) is 23.8 Å². The Balaban J connectivity index is 2.52. The van der Waals surface area contributed by atoms with Gasteiger partial charge in [-0.25, -0.2) is 13.2 Å². The molecule has 0 radical (unpaired) electrons. The van der Waals surface area contributed by atoms with Gasteiger partial charge in [-0.05, 0) is 32.6 Å². The molecule has 2 heterocycles. The number of carboxylic acids is 1. The maximum absolute atomic E-state index is 12.9. The molecule has 1 fully saturated rings. The fraction of sp³-hybridized carbons (Fsp3) is 0.643. The highest BCUT2D eigenvalue weighted by atomic mass is 32.2. The van der Waals surface area contributed by atoms with Crippen LogP contribution in [0.4, 0.5) is 0 Å². The van der Waals surface area contributed by atoms with Crippen LogP contribution in [0.3, 0.4) is 0 Å². The van der Waals surface area contributed by atoms with Gasteiger partial charge in [0.15, 0.2) is 0 Å². The van der Waals surface area contributed by atoms with Crippen molar-refractivity contribution in [2.24, 2.45) is 5.92 Å². The maximum Gasteiger partial charge on any atom is 0.352 e. The molecule has 7 heteroatoms. The van der Waals surface area contributed by atoms with E-state index in [-0.39, 0.29) is 28.1 Å². The van der Waals surface area contributed by atoms with Gasteiger partial charge in [0.25, 0.3) is 0 Å². The van der Waals surface area contributed by atoms with Crippen LogP contribution in [0.2, 0.25) is 0 Å². The van der Waals surface area contributed by atoms with Crippen molar-refractivity contribution in [2.45, 2.75) is 51.5 Å². The molecule has 1 atom stereocenters. The molecule has 1 aliphatic heterocycles. The van der Waals surface area contributed by atoms with Crippen LogP contribution >= 0.6 is 0 Å². The van der Waals surface area contributed by atoms with Crippen molar-refractivity contribution in [1.29, 1.82) is 0 Å². The Kier molecular flexibility index (Phi) is 4.17. The fourth-order valence-corrected chi connectivity index (χ4v) is 5.42. The summed E-state index contributed by atoms with van der Waals surface area (Å²) in [7, 11) is -3.67. The van der Waals surface area contributed by atoms with Crippen LogP contribution in [0.25, 0.3) is 0 Å². The third-order valence-electron chi connectivity index (χ3n) is 4.17. The number of nitrogens with one attached hydrogen (secondary N) is 1. The highest BCUT2D eigenvalue weighted by Crippen LogP contribution is 2.33. The average molecular weight is 314 g/mol. The summed E-state index contributed by atoms with van der Waals surface area (Å²) in [4.78, 5) is 14.0. The van der Waals surface area contributed by atoms with Gasteiger partial charge in [-0.3, -0.25) is 0 Å². The number of sulfonamides is 1. The van der Waals surface area contributed by atoms with Crippen LogP contribution in [0.1, 0.15) is 48.4 Å². The number of nitrogens with zero attached hydrogens (tertiary/aromatic N) is 1. The smallest absolute Gasteiger partial charge is 0.352 e. The summed E-state index contributed by atoms with van der Waals surface area (Å²) in [6, 6.07) is -0.0167. The minimum absolute atomic E-state index is 0.0167. The molecule has 21 heavy (non-hydrogen) atoms. The summed E-state index contributed by atoms with van der Waals surface area (Å²) in [5.74, 6) is -0.903. The van der Waals surface area contributed by atoms with E-state index in [1.165, 1.54) is 4.31 Å². The number of aryl methyl sites for hydroxylation is 1. The van der Waals surface area contributed by atoms with Crippen molar-refractivity contribution >= 4 is 16.0 Å². The van der Waals surface area contributed by atoms with Gasteiger partial charge in [0.05, 0.1) is 0 Å². The Morgan fingerprint density at radius 3 is 2.48 bits per heavy atom. The maximum atomic E-state index is 12.9. The van der Waals surface area contributed by atoms with Gasteiger partial charge < -0.3 is 10.1 Å². The van der Waals surface area contributed by atoms with E-state index >= 15 is 0 Å². The predicted octanol–water partition coefficient (Wildman–Crippen LogP) is 2.14. The van der Waals surface area contributed by atoms with Crippen LogP contribution in [-0.2, 0) is 10.0 Å². The molecule has 0 spiro atoms.